The molecule has 100 valence electrons. The molecule has 0 unspecified atom stereocenters. The van der Waals surface area contributed by atoms with E-state index >= 15 is 0 Å². The van der Waals surface area contributed by atoms with Crippen LogP contribution in [0.5, 0.6) is 0 Å². The van der Waals surface area contributed by atoms with Crippen molar-refractivity contribution in [3.05, 3.63) is 46.4 Å². The van der Waals surface area contributed by atoms with E-state index in [1.54, 1.807) is 0 Å². The molecular weight excluding hydrogens is 256 g/mol. The molecule has 0 saturated carbocycles. The maximum atomic E-state index is 6.18. The van der Waals surface area contributed by atoms with Crippen molar-refractivity contribution in [2.24, 2.45) is 0 Å². The van der Waals surface area contributed by atoms with Crippen LogP contribution in [0, 0.1) is 6.92 Å². The Morgan fingerprint density at radius 2 is 1.74 bits per heavy atom. The first-order valence-corrected chi connectivity index (χ1v) is 7.15. The third kappa shape index (κ3) is 3.13. The highest BCUT2D eigenvalue weighted by Gasteiger charge is 2.10. The van der Waals surface area contributed by atoms with Gasteiger partial charge in [-0.2, -0.15) is 0 Å². The normalized spacial score (nSPS) is 10.7. The Morgan fingerprint density at radius 3 is 2.32 bits per heavy atom. The van der Waals surface area contributed by atoms with Gasteiger partial charge in [0.05, 0.1) is 5.69 Å². The Bertz CT molecular complexity index is 562. The molecule has 1 heterocycles. The van der Waals surface area contributed by atoms with Gasteiger partial charge in [0.15, 0.2) is 0 Å². The molecule has 19 heavy (non-hydrogen) atoms. The zero-order valence-corrected chi connectivity index (χ0v) is 12.5. The summed E-state index contributed by atoms with van der Waals surface area (Å²) in [4.78, 5) is 8.88. The van der Waals surface area contributed by atoms with Gasteiger partial charge >= 0.3 is 0 Å². The average Bonchev–Trinajstić information content (AvgIpc) is 2.43. The van der Waals surface area contributed by atoms with Crippen LogP contribution in [0.3, 0.4) is 0 Å². The minimum absolute atomic E-state index is 0.555. The molecule has 2 aromatic rings. The van der Waals surface area contributed by atoms with Gasteiger partial charge in [-0.3, -0.25) is 0 Å². The highest BCUT2D eigenvalue weighted by molar-refractivity contribution is 6.30. The van der Waals surface area contributed by atoms with Crippen LogP contribution >= 0.6 is 11.6 Å². The smallest absolute Gasteiger partial charge is 0.136 e. The highest BCUT2D eigenvalue weighted by atomic mass is 35.5. The lowest BCUT2D eigenvalue weighted by Crippen LogP contribution is -1.99. The molecule has 0 N–H and O–H groups in total. The summed E-state index contributed by atoms with van der Waals surface area (Å²) < 4.78 is 0. The topological polar surface area (TPSA) is 25.8 Å². The van der Waals surface area contributed by atoms with Gasteiger partial charge in [0, 0.05) is 17.5 Å². The molecule has 3 heteroatoms. The number of aryl methyl sites for hydroxylation is 2. The monoisotopic (exact) mass is 274 g/mol. The van der Waals surface area contributed by atoms with Crippen molar-refractivity contribution in [3.63, 3.8) is 0 Å². The number of hydrogen-bond acceptors (Lipinski definition) is 2. The van der Waals surface area contributed by atoms with E-state index in [1.165, 1.54) is 5.56 Å². The Balaban J connectivity index is 2.43. The van der Waals surface area contributed by atoms with E-state index in [9.17, 15) is 0 Å². The maximum absolute atomic E-state index is 6.18. The predicted molar refractivity (Wildman–Crippen MR) is 80.6 cm³/mol. The van der Waals surface area contributed by atoms with Crippen LogP contribution in [0.2, 0.25) is 5.15 Å². The summed E-state index contributed by atoms with van der Waals surface area (Å²) in [6.07, 6.45) is 3.07. The first kappa shape index (κ1) is 14.0. The highest BCUT2D eigenvalue weighted by Crippen LogP contribution is 2.26. The van der Waals surface area contributed by atoms with Crippen molar-refractivity contribution in [3.8, 4) is 11.3 Å². The van der Waals surface area contributed by atoms with E-state index in [0.717, 1.165) is 41.9 Å². The van der Waals surface area contributed by atoms with Gasteiger partial charge in [-0.05, 0) is 18.9 Å². The molecule has 0 bridgehead atoms. The van der Waals surface area contributed by atoms with Crippen molar-refractivity contribution in [1.29, 1.82) is 0 Å². The SMILES string of the molecule is CCCc1ccc(-c2nc(CC)nc(Cl)c2C)cc1. The zero-order chi connectivity index (χ0) is 13.8. The molecule has 0 spiro atoms. The molecule has 0 radical (unpaired) electrons. The van der Waals surface area contributed by atoms with Crippen molar-refractivity contribution < 1.29 is 0 Å². The predicted octanol–water partition coefficient (Wildman–Crippen LogP) is 4.62. The van der Waals surface area contributed by atoms with Crippen molar-refractivity contribution in [2.45, 2.75) is 40.0 Å². The standard InChI is InChI=1S/C16H19ClN2/c1-4-6-12-7-9-13(10-8-12)15-11(3)16(17)19-14(5-2)18-15/h7-10H,4-6H2,1-3H3. The third-order valence-electron chi connectivity index (χ3n) is 3.21. The number of rotatable bonds is 4. The summed E-state index contributed by atoms with van der Waals surface area (Å²) in [7, 11) is 0. The van der Waals surface area contributed by atoms with Crippen LogP contribution in [0.15, 0.2) is 24.3 Å². The second-order valence-electron chi connectivity index (χ2n) is 4.70. The summed E-state index contributed by atoms with van der Waals surface area (Å²) in [5.74, 6) is 0.795. The number of halogens is 1. The van der Waals surface area contributed by atoms with Gasteiger partial charge in [0.2, 0.25) is 0 Å². The molecule has 0 fully saturated rings. The molecule has 0 aliphatic heterocycles. The molecular formula is C16H19ClN2. The van der Waals surface area contributed by atoms with Gasteiger partial charge in [0.1, 0.15) is 11.0 Å². The van der Waals surface area contributed by atoms with E-state index in [1.807, 2.05) is 13.8 Å². The van der Waals surface area contributed by atoms with Gasteiger partial charge < -0.3 is 0 Å². The van der Waals surface area contributed by atoms with Crippen LogP contribution in [-0.4, -0.2) is 9.97 Å². The van der Waals surface area contributed by atoms with Crippen molar-refractivity contribution in [1.82, 2.24) is 9.97 Å². The maximum Gasteiger partial charge on any atom is 0.136 e. The molecule has 2 nitrogen and oxygen atoms in total. The van der Waals surface area contributed by atoms with E-state index in [0.29, 0.717) is 5.15 Å². The van der Waals surface area contributed by atoms with E-state index in [2.05, 4.69) is 41.2 Å². The van der Waals surface area contributed by atoms with Crippen LogP contribution in [0.1, 0.15) is 37.2 Å². The van der Waals surface area contributed by atoms with E-state index < -0.39 is 0 Å². The first-order chi connectivity index (χ1) is 9.15. The van der Waals surface area contributed by atoms with Crippen LogP contribution < -0.4 is 0 Å². The number of nitrogens with zero attached hydrogens (tertiary/aromatic N) is 2. The van der Waals surface area contributed by atoms with Gasteiger partial charge in [-0.25, -0.2) is 9.97 Å². The van der Waals surface area contributed by atoms with Gasteiger partial charge in [-0.15, -0.1) is 0 Å². The fourth-order valence-corrected chi connectivity index (χ4v) is 2.28. The van der Waals surface area contributed by atoms with Gasteiger partial charge in [-0.1, -0.05) is 56.1 Å². The molecule has 0 saturated heterocycles. The summed E-state index contributed by atoms with van der Waals surface area (Å²) in [6, 6.07) is 8.58. The van der Waals surface area contributed by atoms with Crippen LogP contribution in [0.4, 0.5) is 0 Å². The van der Waals surface area contributed by atoms with E-state index in [-0.39, 0.29) is 0 Å². The summed E-state index contributed by atoms with van der Waals surface area (Å²) in [5.41, 5.74) is 4.36. The second-order valence-corrected chi connectivity index (χ2v) is 5.06. The Morgan fingerprint density at radius 1 is 1.05 bits per heavy atom. The Labute approximate surface area is 119 Å². The van der Waals surface area contributed by atoms with Gasteiger partial charge in [0.25, 0.3) is 0 Å². The summed E-state index contributed by atoms with van der Waals surface area (Å²) >= 11 is 6.18. The van der Waals surface area contributed by atoms with Crippen molar-refractivity contribution >= 4 is 11.6 Å². The second kappa shape index (κ2) is 6.16. The lowest BCUT2D eigenvalue weighted by Gasteiger charge is -2.09. The summed E-state index contributed by atoms with van der Waals surface area (Å²) in [6.45, 7) is 6.20. The molecule has 1 aromatic heterocycles. The summed E-state index contributed by atoms with van der Waals surface area (Å²) in [5, 5.41) is 0.555. The van der Waals surface area contributed by atoms with E-state index in [4.69, 9.17) is 11.6 Å². The minimum atomic E-state index is 0.555. The fraction of sp³-hybridized carbons (Fsp3) is 0.375. The zero-order valence-electron chi connectivity index (χ0n) is 11.7. The molecule has 0 atom stereocenters. The average molecular weight is 275 g/mol. The van der Waals surface area contributed by atoms with Crippen LogP contribution in [0.25, 0.3) is 11.3 Å². The number of hydrogen-bond donors (Lipinski definition) is 0. The molecule has 1 aromatic carbocycles. The van der Waals surface area contributed by atoms with Crippen molar-refractivity contribution in [2.75, 3.05) is 0 Å². The lowest BCUT2D eigenvalue weighted by molar-refractivity contribution is 0.920. The number of benzene rings is 1. The molecule has 0 aliphatic rings. The third-order valence-corrected chi connectivity index (χ3v) is 3.58. The quantitative estimate of drug-likeness (QED) is 0.760. The number of aromatic nitrogens is 2. The Kier molecular flexibility index (Phi) is 4.54. The van der Waals surface area contributed by atoms with Crippen LogP contribution in [-0.2, 0) is 12.8 Å². The Hall–Kier alpha value is -1.41. The largest absolute Gasteiger partial charge is 0.233 e. The first-order valence-electron chi connectivity index (χ1n) is 6.78. The lowest BCUT2D eigenvalue weighted by atomic mass is 10.0. The fourth-order valence-electron chi connectivity index (χ4n) is 2.09. The minimum Gasteiger partial charge on any atom is -0.233 e. The molecule has 0 aliphatic carbocycles. The molecule has 2 rings (SSSR count). The molecule has 0 amide bonds.